The third-order valence-corrected chi connectivity index (χ3v) is 10.4. The van der Waals surface area contributed by atoms with Crippen molar-refractivity contribution in [3.8, 4) is 0 Å². The summed E-state index contributed by atoms with van der Waals surface area (Å²) >= 11 is 0. The largest absolute Gasteiger partial charge is 0.401 e. The lowest BCUT2D eigenvalue weighted by molar-refractivity contribution is 0.163. The Labute approximate surface area is 153 Å². The van der Waals surface area contributed by atoms with E-state index in [4.69, 9.17) is 4.43 Å². The molecule has 0 heterocycles. The number of hydrogen-bond donors (Lipinski definition) is 0. The van der Waals surface area contributed by atoms with Crippen LogP contribution in [0.15, 0.2) is 72.8 Å². The first-order valence-corrected chi connectivity index (χ1v) is 11.3. The van der Waals surface area contributed by atoms with Crippen LogP contribution >= 0.6 is 0 Å². The minimum absolute atomic E-state index is 0.0424. The van der Waals surface area contributed by atoms with Crippen molar-refractivity contribution in [1.29, 1.82) is 0 Å². The van der Waals surface area contributed by atoms with Crippen molar-refractivity contribution in [2.24, 2.45) is 5.92 Å². The van der Waals surface area contributed by atoms with Crippen molar-refractivity contribution < 1.29 is 4.43 Å². The second-order valence-corrected chi connectivity index (χ2v) is 12.5. The predicted molar refractivity (Wildman–Crippen MR) is 110 cm³/mol. The highest BCUT2D eigenvalue weighted by Gasteiger charge is 2.51. The normalized spacial score (nSPS) is 21.3. The molecule has 1 aliphatic rings. The first-order chi connectivity index (χ1) is 11.9. The van der Waals surface area contributed by atoms with Crippen LogP contribution < -0.4 is 10.4 Å². The summed E-state index contributed by atoms with van der Waals surface area (Å²) in [4.78, 5) is 0. The quantitative estimate of drug-likeness (QED) is 0.562. The van der Waals surface area contributed by atoms with Crippen LogP contribution in [0.2, 0.25) is 5.04 Å². The van der Waals surface area contributed by atoms with Gasteiger partial charge in [0.1, 0.15) is 0 Å². The van der Waals surface area contributed by atoms with Crippen LogP contribution in [-0.2, 0) is 4.43 Å². The fourth-order valence-electron chi connectivity index (χ4n) is 3.99. The van der Waals surface area contributed by atoms with Crippen LogP contribution in [0.1, 0.15) is 40.5 Å². The summed E-state index contributed by atoms with van der Waals surface area (Å²) in [6.45, 7) is 9.36. The van der Waals surface area contributed by atoms with Crippen LogP contribution in [-0.4, -0.2) is 14.4 Å². The van der Waals surface area contributed by atoms with Gasteiger partial charge in [-0.1, -0.05) is 101 Å². The van der Waals surface area contributed by atoms with Crippen molar-refractivity contribution in [2.75, 3.05) is 0 Å². The molecule has 0 aromatic heterocycles. The van der Waals surface area contributed by atoms with Crippen LogP contribution in [0.3, 0.4) is 0 Å². The summed E-state index contributed by atoms with van der Waals surface area (Å²) < 4.78 is 7.18. The third-order valence-electron chi connectivity index (χ3n) is 5.40. The van der Waals surface area contributed by atoms with Gasteiger partial charge in [-0.2, -0.15) is 0 Å². The summed E-state index contributed by atoms with van der Waals surface area (Å²) in [6.07, 6.45) is 7.16. The number of rotatable bonds is 4. The van der Waals surface area contributed by atoms with E-state index in [9.17, 15) is 0 Å². The molecule has 1 nitrogen and oxygen atoms in total. The Morgan fingerprint density at radius 3 is 1.84 bits per heavy atom. The molecule has 0 radical (unpaired) electrons. The highest BCUT2D eigenvalue weighted by molar-refractivity contribution is 6.99. The van der Waals surface area contributed by atoms with E-state index < -0.39 is 8.32 Å². The maximum absolute atomic E-state index is 7.18. The molecule has 0 unspecified atom stereocenters. The molecule has 25 heavy (non-hydrogen) atoms. The molecule has 2 heteroatoms. The summed E-state index contributed by atoms with van der Waals surface area (Å²) in [5.74, 6) is 0.562. The zero-order valence-corrected chi connectivity index (χ0v) is 16.9. The Hall–Kier alpha value is -1.64. The topological polar surface area (TPSA) is 9.23 Å². The number of benzene rings is 2. The van der Waals surface area contributed by atoms with E-state index in [1.807, 2.05) is 0 Å². The van der Waals surface area contributed by atoms with Crippen molar-refractivity contribution in [1.82, 2.24) is 0 Å². The van der Waals surface area contributed by atoms with Gasteiger partial charge in [0.05, 0.1) is 6.10 Å². The molecule has 0 aliphatic heterocycles. The van der Waals surface area contributed by atoms with E-state index in [1.165, 1.54) is 23.2 Å². The Bertz CT molecular complexity index is 660. The molecule has 3 rings (SSSR count). The molecule has 0 saturated carbocycles. The van der Waals surface area contributed by atoms with Crippen LogP contribution in [0.25, 0.3) is 0 Å². The molecular weight excluding hydrogens is 320 g/mol. The first-order valence-electron chi connectivity index (χ1n) is 9.41. The molecule has 1 aliphatic carbocycles. The summed E-state index contributed by atoms with van der Waals surface area (Å²) in [5.41, 5.74) is 0. The lowest BCUT2D eigenvalue weighted by Crippen LogP contribution is -2.68. The molecule has 0 bridgehead atoms. The lowest BCUT2D eigenvalue weighted by atomic mass is 9.94. The van der Waals surface area contributed by atoms with Crippen molar-refractivity contribution >= 4 is 18.7 Å². The average Bonchev–Trinajstić information content (AvgIpc) is 2.61. The maximum atomic E-state index is 7.18. The molecule has 0 fully saturated rings. The van der Waals surface area contributed by atoms with E-state index in [-0.39, 0.29) is 11.1 Å². The fraction of sp³-hybridized carbons (Fsp3) is 0.391. The minimum Gasteiger partial charge on any atom is -0.401 e. The molecule has 2 aromatic carbocycles. The highest BCUT2D eigenvalue weighted by Crippen LogP contribution is 2.39. The molecule has 0 saturated heterocycles. The van der Waals surface area contributed by atoms with Gasteiger partial charge in [0.25, 0.3) is 8.32 Å². The Morgan fingerprint density at radius 1 is 0.880 bits per heavy atom. The molecular formula is C23H30OSi. The molecule has 0 spiro atoms. The second kappa shape index (κ2) is 7.31. The number of allylic oxidation sites excluding steroid dienone is 1. The van der Waals surface area contributed by atoms with Gasteiger partial charge in [0, 0.05) is 0 Å². The van der Waals surface area contributed by atoms with E-state index in [1.54, 1.807) is 0 Å². The number of hydrogen-bond acceptors (Lipinski definition) is 1. The van der Waals surface area contributed by atoms with Crippen molar-refractivity contribution in [2.45, 2.75) is 51.7 Å². The van der Waals surface area contributed by atoms with E-state index >= 15 is 0 Å². The van der Waals surface area contributed by atoms with Crippen LogP contribution in [0, 0.1) is 5.92 Å². The second-order valence-electron chi connectivity index (χ2n) is 8.23. The molecule has 0 amide bonds. The predicted octanol–water partition coefficient (Wildman–Crippen LogP) is 4.92. The summed E-state index contributed by atoms with van der Waals surface area (Å²) in [6, 6.07) is 21.8. The van der Waals surface area contributed by atoms with Gasteiger partial charge in [-0.3, -0.25) is 0 Å². The highest BCUT2D eigenvalue weighted by atomic mass is 28.4. The van der Waals surface area contributed by atoms with Gasteiger partial charge in [-0.05, 0) is 34.2 Å². The molecule has 0 N–H and O–H groups in total. The third kappa shape index (κ3) is 3.51. The average molecular weight is 351 g/mol. The van der Waals surface area contributed by atoms with Crippen molar-refractivity contribution in [3.63, 3.8) is 0 Å². The first kappa shape index (κ1) is 18.2. The van der Waals surface area contributed by atoms with Crippen molar-refractivity contribution in [3.05, 3.63) is 72.8 Å². The standard InChI is InChI=1S/C23H30OSi/c1-19-13-11-12-18-22(19)24-25(23(2,3)4,20-14-7-5-8-15-20)21-16-9-6-10-17-21/h5-10,12,14-19,22H,11,13H2,1-4H3/t19-,22-/m0/s1. The molecule has 2 aromatic rings. The Balaban J connectivity index is 2.18. The lowest BCUT2D eigenvalue weighted by Gasteiger charge is -2.46. The Morgan fingerprint density at radius 2 is 1.40 bits per heavy atom. The van der Waals surface area contributed by atoms with Gasteiger partial charge in [-0.25, -0.2) is 0 Å². The molecule has 2 atom stereocenters. The van der Waals surface area contributed by atoms with Crippen LogP contribution in [0.5, 0.6) is 0 Å². The van der Waals surface area contributed by atoms with Gasteiger partial charge >= 0.3 is 0 Å². The van der Waals surface area contributed by atoms with Gasteiger partial charge in [0.2, 0.25) is 0 Å². The maximum Gasteiger partial charge on any atom is 0.261 e. The monoisotopic (exact) mass is 350 g/mol. The zero-order chi connectivity index (χ0) is 17.9. The Kier molecular flexibility index (Phi) is 5.31. The van der Waals surface area contributed by atoms with Crippen LogP contribution in [0.4, 0.5) is 0 Å². The van der Waals surface area contributed by atoms with Gasteiger partial charge in [0.15, 0.2) is 0 Å². The molecule has 132 valence electrons. The SMILES string of the molecule is C[C@H]1CCC=C[C@@H]1O[Si](c1ccccc1)(c1ccccc1)C(C)(C)C. The summed E-state index contributed by atoms with van der Waals surface area (Å²) in [5, 5.41) is 2.76. The summed E-state index contributed by atoms with van der Waals surface area (Å²) in [7, 11) is -2.43. The fourth-order valence-corrected chi connectivity index (χ4v) is 8.73. The van der Waals surface area contributed by atoms with Gasteiger partial charge in [-0.15, -0.1) is 0 Å². The van der Waals surface area contributed by atoms with Gasteiger partial charge < -0.3 is 4.43 Å². The van der Waals surface area contributed by atoms with E-state index in [0.717, 1.165) is 0 Å². The smallest absolute Gasteiger partial charge is 0.261 e. The van der Waals surface area contributed by atoms with E-state index in [0.29, 0.717) is 5.92 Å². The minimum atomic E-state index is -2.43. The zero-order valence-electron chi connectivity index (χ0n) is 15.9. The van der Waals surface area contributed by atoms with E-state index in [2.05, 4.69) is 101 Å².